The number of aromatic nitrogens is 4. The number of fused-ring (bicyclic) bond motifs is 1. The molecule has 2 aromatic carbocycles. The van der Waals surface area contributed by atoms with Gasteiger partial charge in [-0.15, -0.1) is 0 Å². The van der Waals surface area contributed by atoms with Crippen molar-refractivity contribution < 1.29 is 9.53 Å². The van der Waals surface area contributed by atoms with Gasteiger partial charge in [-0.05, 0) is 43.3 Å². The van der Waals surface area contributed by atoms with Crippen molar-refractivity contribution in [2.75, 3.05) is 12.4 Å². The van der Waals surface area contributed by atoms with E-state index in [2.05, 4.69) is 20.4 Å². The van der Waals surface area contributed by atoms with Crippen molar-refractivity contribution in [1.29, 1.82) is 0 Å². The predicted octanol–water partition coefficient (Wildman–Crippen LogP) is 3.24. The van der Waals surface area contributed by atoms with Gasteiger partial charge in [-0.25, -0.2) is 9.67 Å². The number of hydrogen-bond acceptors (Lipinski definition) is 6. The number of nitrogens with one attached hydrogen (secondary N) is 2. The number of carbonyl (C=O) groups is 1. The van der Waals surface area contributed by atoms with Crippen LogP contribution in [0.25, 0.3) is 16.7 Å². The first-order valence-electron chi connectivity index (χ1n) is 9.20. The van der Waals surface area contributed by atoms with Crippen LogP contribution in [-0.2, 0) is 4.79 Å². The van der Waals surface area contributed by atoms with Gasteiger partial charge in [-0.2, -0.15) is 5.10 Å². The number of anilines is 1. The second-order valence-corrected chi connectivity index (χ2v) is 7.81. The molecule has 1 atom stereocenters. The van der Waals surface area contributed by atoms with Crippen molar-refractivity contribution in [2.24, 2.45) is 0 Å². The Morgan fingerprint density at radius 1 is 1.17 bits per heavy atom. The molecule has 9 heteroatoms. The maximum Gasteiger partial charge on any atom is 0.262 e. The Balaban J connectivity index is 1.55. The van der Waals surface area contributed by atoms with Gasteiger partial charge in [0.1, 0.15) is 11.1 Å². The van der Waals surface area contributed by atoms with Gasteiger partial charge in [0.05, 0.1) is 24.2 Å². The highest BCUT2D eigenvalue weighted by atomic mass is 32.2. The molecule has 8 nitrogen and oxygen atoms in total. The van der Waals surface area contributed by atoms with E-state index in [0.717, 1.165) is 5.69 Å². The summed E-state index contributed by atoms with van der Waals surface area (Å²) in [6, 6.07) is 16.5. The monoisotopic (exact) mass is 421 g/mol. The van der Waals surface area contributed by atoms with Crippen molar-refractivity contribution in [1.82, 2.24) is 19.7 Å². The maximum absolute atomic E-state index is 12.6. The summed E-state index contributed by atoms with van der Waals surface area (Å²) >= 11 is 1.17. The Hall–Kier alpha value is -3.59. The molecule has 0 radical (unpaired) electrons. The first kappa shape index (κ1) is 19.7. The Kier molecular flexibility index (Phi) is 5.53. The summed E-state index contributed by atoms with van der Waals surface area (Å²) < 4.78 is 6.72. The van der Waals surface area contributed by atoms with Crippen molar-refractivity contribution in [2.45, 2.75) is 17.3 Å². The fraction of sp³-hybridized carbons (Fsp3) is 0.143. The average molecular weight is 421 g/mol. The Morgan fingerprint density at radius 2 is 1.90 bits per heavy atom. The van der Waals surface area contributed by atoms with Gasteiger partial charge < -0.3 is 15.0 Å². The third-order valence-electron chi connectivity index (χ3n) is 4.43. The number of para-hydroxylation sites is 1. The Bertz CT molecular complexity index is 1240. The molecule has 152 valence electrons. The van der Waals surface area contributed by atoms with E-state index in [-0.39, 0.29) is 11.5 Å². The normalized spacial score (nSPS) is 11.9. The zero-order valence-electron chi connectivity index (χ0n) is 16.3. The lowest BCUT2D eigenvalue weighted by Gasteiger charge is -2.12. The minimum absolute atomic E-state index is 0.204. The molecule has 4 aromatic rings. The molecule has 0 fully saturated rings. The van der Waals surface area contributed by atoms with E-state index in [1.54, 1.807) is 43.0 Å². The Morgan fingerprint density at radius 3 is 2.60 bits per heavy atom. The smallest absolute Gasteiger partial charge is 0.262 e. The van der Waals surface area contributed by atoms with Crippen LogP contribution in [0.4, 0.5) is 5.69 Å². The molecule has 0 aliphatic rings. The first-order chi connectivity index (χ1) is 14.5. The van der Waals surface area contributed by atoms with E-state index in [9.17, 15) is 9.59 Å². The SMILES string of the molecule is COc1ccc(NC(=O)[C@@H](C)Sc2nc3c(cnn3-c3ccccc3)c(=O)[nH]2)cc1. The van der Waals surface area contributed by atoms with Gasteiger partial charge in [0, 0.05) is 5.69 Å². The molecule has 0 aliphatic heterocycles. The zero-order chi connectivity index (χ0) is 21.1. The number of amides is 1. The number of rotatable bonds is 6. The number of benzene rings is 2. The molecule has 0 saturated carbocycles. The lowest BCUT2D eigenvalue weighted by atomic mass is 10.3. The third-order valence-corrected chi connectivity index (χ3v) is 5.42. The molecule has 4 rings (SSSR count). The van der Waals surface area contributed by atoms with Gasteiger partial charge >= 0.3 is 0 Å². The second kappa shape index (κ2) is 8.42. The number of methoxy groups -OCH3 is 1. The molecule has 0 unspecified atom stereocenters. The van der Waals surface area contributed by atoms with E-state index < -0.39 is 5.25 Å². The van der Waals surface area contributed by atoms with Gasteiger partial charge in [0.2, 0.25) is 5.91 Å². The van der Waals surface area contributed by atoms with Crippen LogP contribution in [0.2, 0.25) is 0 Å². The van der Waals surface area contributed by atoms with Gasteiger partial charge in [-0.3, -0.25) is 9.59 Å². The molecule has 2 N–H and O–H groups in total. The highest BCUT2D eigenvalue weighted by molar-refractivity contribution is 8.00. The number of aromatic amines is 1. The summed E-state index contributed by atoms with van der Waals surface area (Å²) in [5.41, 5.74) is 1.60. The van der Waals surface area contributed by atoms with E-state index >= 15 is 0 Å². The minimum atomic E-state index is -0.485. The Labute approximate surface area is 176 Å². The first-order valence-corrected chi connectivity index (χ1v) is 10.1. The number of carbonyl (C=O) groups excluding carboxylic acids is 1. The zero-order valence-corrected chi connectivity index (χ0v) is 17.1. The summed E-state index contributed by atoms with van der Waals surface area (Å²) in [7, 11) is 1.58. The second-order valence-electron chi connectivity index (χ2n) is 6.48. The van der Waals surface area contributed by atoms with Crippen molar-refractivity contribution in [3.8, 4) is 11.4 Å². The third kappa shape index (κ3) is 4.06. The maximum atomic E-state index is 12.6. The number of thioether (sulfide) groups is 1. The van der Waals surface area contributed by atoms with Crippen molar-refractivity contribution >= 4 is 34.4 Å². The summed E-state index contributed by atoms with van der Waals surface area (Å²) in [4.78, 5) is 32.3. The van der Waals surface area contributed by atoms with Crippen LogP contribution < -0.4 is 15.6 Å². The van der Waals surface area contributed by atoms with Crippen LogP contribution in [0.1, 0.15) is 6.92 Å². The lowest BCUT2D eigenvalue weighted by Crippen LogP contribution is -2.23. The number of nitrogens with zero attached hydrogens (tertiary/aromatic N) is 3. The van der Waals surface area contributed by atoms with Gasteiger partial charge in [0.15, 0.2) is 10.8 Å². The summed E-state index contributed by atoms with van der Waals surface area (Å²) in [6.07, 6.45) is 1.49. The molecule has 0 aliphatic carbocycles. The van der Waals surface area contributed by atoms with Crippen LogP contribution >= 0.6 is 11.8 Å². The minimum Gasteiger partial charge on any atom is -0.497 e. The fourth-order valence-corrected chi connectivity index (χ4v) is 3.64. The predicted molar refractivity (Wildman–Crippen MR) is 116 cm³/mol. The fourth-order valence-electron chi connectivity index (χ4n) is 2.85. The molecule has 0 spiro atoms. The van der Waals surface area contributed by atoms with Crippen LogP contribution in [0.15, 0.2) is 70.7 Å². The highest BCUT2D eigenvalue weighted by Gasteiger charge is 2.18. The molecular formula is C21H19N5O3S. The van der Waals surface area contributed by atoms with Crippen molar-refractivity contribution in [3.63, 3.8) is 0 Å². The summed E-state index contributed by atoms with van der Waals surface area (Å²) in [6.45, 7) is 1.75. The van der Waals surface area contributed by atoms with E-state index in [0.29, 0.717) is 27.6 Å². The summed E-state index contributed by atoms with van der Waals surface area (Å²) in [5.74, 6) is 0.505. The topological polar surface area (TPSA) is 102 Å². The quantitative estimate of drug-likeness (QED) is 0.366. The van der Waals surface area contributed by atoms with Crippen LogP contribution in [0.3, 0.4) is 0 Å². The lowest BCUT2D eigenvalue weighted by molar-refractivity contribution is -0.115. The molecule has 0 bridgehead atoms. The van der Waals surface area contributed by atoms with Crippen LogP contribution in [-0.4, -0.2) is 38.0 Å². The molecule has 30 heavy (non-hydrogen) atoms. The largest absolute Gasteiger partial charge is 0.497 e. The van der Waals surface area contributed by atoms with E-state index in [1.165, 1.54) is 18.0 Å². The number of H-pyrrole nitrogens is 1. The number of ether oxygens (including phenoxy) is 1. The molecular weight excluding hydrogens is 402 g/mol. The molecule has 0 saturated heterocycles. The standard InChI is InChI=1S/C21H19N5O3S/c1-13(19(27)23-14-8-10-16(29-2)11-9-14)30-21-24-18-17(20(28)25-21)12-22-26(18)15-6-4-3-5-7-15/h3-13H,1-2H3,(H,23,27)(H,24,25,28)/t13-/m1/s1. The molecule has 2 heterocycles. The van der Waals surface area contributed by atoms with E-state index in [1.807, 2.05) is 30.3 Å². The van der Waals surface area contributed by atoms with Gasteiger partial charge in [0.25, 0.3) is 5.56 Å². The van der Waals surface area contributed by atoms with Gasteiger partial charge in [-0.1, -0.05) is 30.0 Å². The van der Waals surface area contributed by atoms with E-state index in [4.69, 9.17) is 4.74 Å². The average Bonchev–Trinajstić information content (AvgIpc) is 3.19. The molecule has 1 amide bonds. The van der Waals surface area contributed by atoms with Crippen molar-refractivity contribution in [3.05, 3.63) is 71.1 Å². The molecule has 2 aromatic heterocycles. The highest BCUT2D eigenvalue weighted by Crippen LogP contribution is 2.23. The van der Waals surface area contributed by atoms with Crippen LogP contribution in [0, 0.1) is 0 Å². The van der Waals surface area contributed by atoms with Crippen LogP contribution in [0.5, 0.6) is 5.75 Å². The number of hydrogen-bond donors (Lipinski definition) is 2. The summed E-state index contributed by atoms with van der Waals surface area (Å²) in [5, 5.41) is 7.38.